The monoisotopic (exact) mass is 508 g/mol. The number of piperidine rings is 1. The van der Waals surface area contributed by atoms with Gasteiger partial charge in [0.15, 0.2) is 0 Å². The number of amides is 1. The van der Waals surface area contributed by atoms with E-state index in [1.165, 1.54) is 0 Å². The number of piperazine rings is 1. The number of aromatic nitrogens is 2. The molecule has 4 bridgehead atoms. The van der Waals surface area contributed by atoms with Crippen LogP contribution in [0.4, 0.5) is 24.9 Å². The van der Waals surface area contributed by atoms with Crippen LogP contribution in [0.1, 0.15) is 44.1 Å². The zero-order valence-electron chi connectivity index (χ0n) is 20.7. The Morgan fingerprint density at radius 3 is 2.67 bits per heavy atom. The molecule has 6 fully saturated rings. The van der Waals surface area contributed by atoms with E-state index in [9.17, 15) is 18.0 Å². The van der Waals surface area contributed by atoms with Crippen LogP contribution in [-0.4, -0.2) is 107 Å². The number of rotatable bonds is 8. The first-order valence-corrected chi connectivity index (χ1v) is 13.1. The van der Waals surface area contributed by atoms with Crippen LogP contribution in [0.2, 0.25) is 0 Å². The smallest absolute Gasteiger partial charge is 0.369 e. The van der Waals surface area contributed by atoms with Crippen LogP contribution < -0.4 is 16.0 Å². The van der Waals surface area contributed by atoms with E-state index >= 15 is 0 Å². The lowest BCUT2D eigenvalue weighted by Gasteiger charge is -2.74. The van der Waals surface area contributed by atoms with Crippen LogP contribution in [0, 0.1) is 0 Å². The number of likely N-dealkylation sites (tertiary alicyclic amines) is 1. The number of likely N-dealkylation sites (N-methyl/N-ethyl adjacent to an activating group) is 1. The van der Waals surface area contributed by atoms with Crippen LogP contribution in [0.5, 0.6) is 0 Å². The van der Waals surface area contributed by atoms with E-state index in [1.807, 2.05) is 4.90 Å². The number of hydrogen-bond acceptors (Lipinski definition) is 8. The number of nitrogens with zero attached hydrogens (tertiary/aromatic N) is 5. The van der Waals surface area contributed by atoms with E-state index < -0.39 is 11.7 Å². The number of anilines is 2. The van der Waals surface area contributed by atoms with Crippen LogP contribution in [0.15, 0.2) is 6.20 Å². The maximum atomic E-state index is 13.6. The number of carbonyl (C=O) groups excluding carboxylic acids is 1. The topological polar surface area (TPSA) is 88.7 Å². The Balaban J connectivity index is 1.05. The van der Waals surface area contributed by atoms with Gasteiger partial charge in [-0.1, -0.05) is 0 Å². The van der Waals surface area contributed by atoms with Gasteiger partial charge in [-0.25, -0.2) is 4.98 Å². The Bertz CT molecular complexity index is 992. The minimum atomic E-state index is -4.55. The third kappa shape index (κ3) is 4.30. The predicted octanol–water partition coefficient (Wildman–Crippen LogP) is 1.59. The maximum absolute atomic E-state index is 13.6. The summed E-state index contributed by atoms with van der Waals surface area (Å²) in [4.78, 5) is 27.4. The first-order valence-electron chi connectivity index (χ1n) is 13.1. The SMILES string of the molecule is CN1CCN(C23CC(Nc4ncc(C(F)(F)F)c(NCCCN5C(=O)CC6CC5CN6)n4)(C2)C3)CC1. The van der Waals surface area contributed by atoms with Gasteiger partial charge in [-0.2, -0.15) is 18.2 Å². The third-order valence-corrected chi connectivity index (χ3v) is 8.90. The molecule has 12 heteroatoms. The van der Waals surface area contributed by atoms with Gasteiger partial charge in [0.1, 0.15) is 11.4 Å². The molecule has 198 valence electrons. The second-order valence-electron chi connectivity index (χ2n) is 11.5. The van der Waals surface area contributed by atoms with Gasteiger partial charge >= 0.3 is 6.18 Å². The maximum Gasteiger partial charge on any atom is 0.421 e. The number of carbonyl (C=O) groups is 1. The Morgan fingerprint density at radius 2 is 1.94 bits per heavy atom. The predicted molar refractivity (Wildman–Crippen MR) is 129 cm³/mol. The molecule has 3 saturated carbocycles. The minimum absolute atomic E-state index is 0.109. The first-order chi connectivity index (χ1) is 17.1. The lowest BCUT2D eigenvalue weighted by atomic mass is 9.43. The molecule has 2 atom stereocenters. The van der Waals surface area contributed by atoms with Crippen molar-refractivity contribution < 1.29 is 18.0 Å². The molecule has 1 aromatic rings. The lowest BCUT2D eigenvalue weighted by Crippen LogP contribution is -2.82. The molecule has 4 heterocycles. The molecule has 0 radical (unpaired) electrons. The zero-order valence-corrected chi connectivity index (χ0v) is 20.7. The molecular weight excluding hydrogens is 473 g/mol. The van der Waals surface area contributed by atoms with Crippen LogP contribution >= 0.6 is 0 Å². The van der Waals surface area contributed by atoms with E-state index in [1.54, 1.807) is 0 Å². The summed E-state index contributed by atoms with van der Waals surface area (Å²) in [6.07, 6.45) is 1.28. The van der Waals surface area contributed by atoms with Crippen molar-refractivity contribution in [3.63, 3.8) is 0 Å². The minimum Gasteiger partial charge on any atom is -0.369 e. The first kappa shape index (κ1) is 24.2. The number of halogens is 3. The van der Waals surface area contributed by atoms with Crippen molar-refractivity contribution in [2.45, 2.75) is 67.9 Å². The summed E-state index contributed by atoms with van der Waals surface area (Å²) in [6, 6.07) is 0.467. The summed E-state index contributed by atoms with van der Waals surface area (Å²) < 4.78 is 40.9. The van der Waals surface area contributed by atoms with E-state index in [0.717, 1.165) is 64.6 Å². The normalized spacial score (nSPS) is 34.3. The molecule has 6 aliphatic rings. The molecule has 3 saturated heterocycles. The highest BCUT2D eigenvalue weighted by molar-refractivity contribution is 5.78. The van der Waals surface area contributed by atoms with Crippen LogP contribution in [-0.2, 0) is 11.0 Å². The van der Waals surface area contributed by atoms with Gasteiger partial charge in [-0.3, -0.25) is 9.69 Å². The summed E-state index contributed by atoms with van der Waals surface area (Å²) >= 11 is 0. The molecule has 2 unspecified atom stereocenters. The molecule has 1 aromatic heterocycles. The van der Waals surface area contributed by atoms with Gasteiger partial charge in [0.2, 0.25) is 11.9 Å². The van der Waals surface area contributed by atoms with E-state index in [2.05, 4.69) is 42.8 Å². The summed E-state index contributed by atoms with van der Waals surface area (Å²) in [5.74, 6) is 0.165. The second-order valence-corrected chi connectivity index (χ2v) is 11.5. The zero-order chi connectivity index (χ0) is 25.1. The van der Waals surface area contributed by atoms with Crippen molar-refractivity contribution in [3.8, 4) is 0 Å². The number of nitrogens with one attached hydrogen (secondary N) is 3. The Morgan fingerprint density at radius 1 is 1.19 bits per heavy atom. The van der Waals surface area contributed by atoms with Gasteiger partial charge in [0, 0.05) is 81.6 Å². The fourth-order valence-electron chi connectivity index (χ4n) is 6.99. The second kappa shape index (κ2) is 8.70. The standard InChI is InChI=1S/C24H35F3N8O/c1-33-5-7-34(8-6-33)23-13-22(14-23,15-23)32-21-30-12-18(24(25,26)27)20(31-21)28-3-2-4-35-17-9-16(29-11-17)10-19(35)36/h12,16-17,29H,2-11,13-15H2,1H3,(H2,28,30,31,32). The highest BCUT2D eigenvalue weighted by atomic mass is 19.4. The van der Waals surface area contributed by atoms with Crippen molar-refractivity contribution >= 4 is 17.7 Å². The van der Waals surface area contributed by atoms with Crippen LogP contribution in [0.3, 0.4) is 0 Å². The van der Waals surface area contributed by atoms with Crippen molar-refractivity contribution in [1.29, 1.82) is 0 Å². The Hall–Kier alpha value is -2.18. The average molecular weight is 509 g/mol. The van der Waals surface area contributed by atoms with Gasteiger partial charge in [-0.05, 0) is 39.2 Å². The largest absolute Gasteiger partial charge is 0.421 e. The fourth-order valence-corrected chi connectivity index (χ4v) is 6.99. The fraction of sp³-hybridized carbons (Fsp3) is 0.792. The van der Waals surface area contributed by atoms with Gasteiger partial charge < -0.3 is 25.8 Å². The number of fused-ring (bicyclic) bond motifs is 2. The summed E-state index contributed by atoms with van der Waals surface area (Å²) in [6.45, 7) is 5.90. The number of hydrogen-bond donors (Lipinski definition) is 3. The molecule has 9 nitrogen and oxygen atoms in total. The number of alkyl halides is 3. The third-order valence-electron chi connectivity index (χ3n) is 8.90. The molecule has 0 spiro atoms. The molecule has 3 N–H and O–H groups in total. The summed E-state index contributed by atoms with van der Waals surface area (Å²) in [5, 5.41) is 9.58. The molecule has 1 amide bonds. The van der Waals surface area contributed by atoms with Crippen molar-refractivity contribution in [2.24, 2.45) is 0 Å². The van der Waals surface area contributed by atoms with Crippen molar-refractivity contribution in [2.75, 3.05) is 63.5 Å². The highest BCUT2D eigenvalue weighted by Crippen LogP contribution is 2.64. The van der Waals surface area contributed by atoms with Gasteiger partial charge in [0.25, 0.3) is 0 Å². The quantitative estimate of drug-likeness (QED) is 0.457. The van der Waals surface area contributed by atoms with Gasteiger partial charge in [-0.15, -0.1) is 0 Å². The van der Waals surface area contributed by atoms with Gasteiger partial charge in [0.05, 0.1) is 0 Å². The van der Waals surface area contributed by atoms with Crippen molar-refractivity contribution in [3.05, 3.63) is 11.8 Å². The molecule has 3 aliphatic carbocycles. The molecule has 7 rings (SSSR count). The molecule has 36 heavy (non-hydrogen) atoms. The van der Waals surface area contributed by atoms with Crippen LogP contribution in [0.25, 0.3) is 0 Å². The van der Waals surface area contributed by atoms with E-state index in [4.69, 9.17) is 0 Å². The average Bonchev–Trinajstić information content (AvgIpc) is 3.17. The Labute approximate surface area is 209 Å². The van der Waals surface area contributed by atoms with Crippen molar-refractivity contribution in [1.82, 2.24) is 30.0 Å². The molecular formula is C24H35F3N8O. The van der Waals surface area contributed by atoms with E-state index in [0.29, 0.717) is 25.9 Å². The Kier molecular flexibility index (Phi) is 5.84. The summed E-state index contributed by atoms with van der Waals surface area (Å²) in [7, 11) is 2.14. The summed E-state index contributed by atoms with van der Waals surface area (Å²) in [5.41, 5.74) is -0.735. The molecule has 0 aromatic carbocycles. The molecule has 3 aliphatic heterocycles. The lowest BCUT2D eigenvalue weighted by molar-refractivity contribution is -0.160. The highest BCUT2D eigenvalue weighted by Gasteiger charge is 2.70. The van der Waals surface area contributed by atoms with E-state index in [-0.39, 0.29) is 40.8 Å².